The highest BCUT2D eigenvalue weighted by Gasteiger charge is 2.38. The van der Waals surface area contributed by atoms with Gasteiger partial charge in [0.2, 0.25) is 5.75 Å². The molecule has 0 bridgehead atoms. The summed E-state index contributed by atoms with van der Waals surface area (Å²) < 4.78 is 21.7. The summed E-state index contributed by atoms with van der Waals surface area (Å²) in [6, 6.07) is 9.55. The summed E-state index contributed by atoms with van der Waals surface area (Å²) in [6.45, 7) is 8.15. The zero-order valence-electron chi connectivity index (χ0n) is 19.2. The molecule has 0 spiro atoms. The molecule has 7 heteroatoms. The minimum absolute atomic E-state index is 0.202. The van der Waals surface area contributed by atoms with E-state index in [0.29, 0.717) is 22.9 Å². The molecular formula is C23H33NO5Si. The lowest BCUT2D eigenvalue weighted by Crippen LogP contribution is -2.40. The number of benzene rings is 2. The van der Waals surface area contributed by atoms with Gasteiger partial charge >= 0.3 is 0 Å². The molecule has 30 heavy (non-hydrogen) atoms. The maximum absolute atomic E-state index is 10.7. The van der Waals surface area contributed by atoms with Crippen LogP contribution in [0, 0.1) is 0 Å². The molecule has 164 valence electrons. The van der Waals surface area contributed by atoms with Gasteiger partial charge in [-0.2, -0.15) is 0 Å². The average molecular weight is 432 g/mol. The predicted molar refractivity (Wildman–Crippen MR) is 124 cm³/mol. The average Bonchev–Trinajstić information content (AvgIpc) is 2.70. The van der Waals surface area contributed by atoms with Crippen LogP contribution in [0.1, 0.15) is 25.0 Å². The van der Waals surface area contributed by atoms with E-state index in [2.05, 4.69) is 24.9 Å². The molecule has 0 unspecified atom stereocenters. The van der Waals surface area contributed by atoms with Crippen LogP contribution < -0.4 is 18.9 Å². The lowest BCUT2D eigenvalue weighted by atomic mass is 9.99. The SMILES string of the molecule is COc1ccc(C=Nc2cc(OC)c(OC)c(OC)c2)cc1CC(C)(C)[Si](C)(C)O. The molecule has 0 aliphatic rings. The molecule has 2 aromatic rings. The number of methoxy groups -OCH3 is 4. The second-order valence-corrected chi connectivity index (χ2v) is 12.8. The Balaban J connectivity index is 2.39. The largest absolute Gasteiger partial charge is 0.496 e. The normalized spacial score (nSPS) is 12.2. The first-order chi connectivity index (χ1) is 14.1. The van der Waals surface area contributed by atoms with Gasteiger partial charge in [0.15, 0.2) is 19.8 Å². The summed E-state index contributed by atoms with van der Waals surface area (Å²) in [7, 11) is 4.04. The molecule has 1 N–H and O–H groups in total. The van der Waals surface area contributed by atoms with Gasteiger partial charge in [0.05, 0.1) is 34.1 Å². The van der Waals surface area contributed by atoms with Gasteiger partial charge in [0.1, 0.15) is 5.75 Å². The second kappa shape index (κ2) is 9.53. The fourth-order valence-electron chi connectivity index (χ4n) is 3.00. The van der Waals surface area contributed by atoms with Crippen LogP contribution >= 0.6 is 0 Å². The summed E-state index contributed by atoms with van der Waals surface area (Å²) in [5, 5.41) is -0.202. The van der Waals surface area contributed by atoms with Crippen molar-refractivity contribution >= 4 is 20.2 Å². The van der Waals surface area contributed by atoms with E-state index in [1.54, 1.807) is 46.8 Å². The Bertz CT molecular complexity index is 878. The highest BCUT2D eigenvalue weighted by atomic mass is 28.4. The van der Waals surface area contributed by atoms with E-state index < -0.39 is 8.32 Å². The molecule has 2 rings (SSSR count). The van der Waals surface area contributed by atoms with Crippen LogP contribution in [-0.4, -0.2) is 47.8 Å². The maximum Gasteiger partial charge on any atom is 0.203 e. The molecule has 0 aliphatic carbocycles. The minimum atomic E-state index is -2.35. The molecule has 2 aromatic carbocycles. The Kier molecular flexibility index (Phi) is 7.55. The smallest absolute Gasteiger partial charge is 0.203 e. The molecule has 0 amide bonds. The van der Waals surface area contributed by atoms with Gasteiger partial charge in [-0.25, -0.2) is 0 Å². The van der Waals surface area contributed by atoms with Crippen LogP contribution in [0.4, 0.5) is 5.69 Å². The van der Waals surface area contributed by atoms with Gasteiger partial charge in [-0.1, -0.05) is 13.8 Å². The van der Waals surface area contributed by atoms with Crippen molar-refractivity contribution in [1.82, 2.24) is 0 Å². The van der Waals surface area contributed by atoms with Crippen LogP contribution in [0.25, 0.3) is 0 Å². The van der Waals surface area contributed by atoms with Crippen molar-refractivity contribution in [3.8, 4) is 23.0 Å². The van der Waals surface area contributed by atoms with Gasteiger partial charge in [0, 0.05) is 18.3 Å². The van der Waals surface area contributed by atoms with E-state index in [0.717, 1.165) is 23.3 Å². The van der Waals surface area contributed by atoms with Crippen LogP contribution in [0.2, 0.25) is 18.1 Å². The van der Waals surface area contributed by atoms with Gasteiger partial charge in [-0.3, -0.25) is 4.99 Å². The first-order valence-electron chi connectivity index (χ1n) is 9.79. The molecule has 0 saturated carbocycles. The number of hydrogen-bond acceptors (Lipinski definition) is 6. The molecular weight excluding hydrogens is 398 g/mol. The maximum atomic E-state index is 10.7. The molecule has 0 fully saturated rings. The summed E-state index contributed by atoms with van der Waals surface area (Å²) in [5.74, 6) is 2.45. The molecule has 6 nitrogen and oxygen atoms in total. The summed E-state index contributed by atoms with van der Waals surface area (Å²) >= 11 is 0. The number of nitrogens with zero attached hydrogens (tertiary/aromatic N) is 1. The number of aliphatic imine (C=N–C) groups is 1. The highest BCUT2D eigenvalue weighted by Crippen LogP contribution is 2.42. The molecule has 0 aromatic heterocycles. The molecule has 0 aliphatic heterocycles. The first kappa shape index (κ1) is 23.8. The number of hydrogen-bond donors (Lipinski definition) is 1. The van der Waals surface area contributed by atoms with Crippen LogP contribution in [0.3, 0.4) is 0 Å². The summed E-state index contributed by atoms with van der Waals surface area (Å²) in [5.41, 5.74) is 2.67. The number of rotatable bonds is 9. The van der Waals surface area contributed by atoms with E-state index >= 15 is 0 Å². The Morgan fingerprint density at radius 2 is 1.47 bits per heavy atom. The molecule has 0 saturated heterocycles. The van der Waals surface area contributed by atoms with Crippen LogP contribution in [-0.2, 0) is 6.42 Å². The third kappa shape index (κ3) is 5.34. The summed E-state index contributed by atoms with van der Waals surface area (Å²) in [6.07, 6.45) is 2.51. The van der Waals surface area contributed by atoms with E-state index in [9.17, 15) is 4.80 Å². The van der Waals surface area contributed by atoms with Gasteiger partial charge < -0.3 is 23.7 Å². The third-order valence-corrected chi connectivity index (χ3v) is 9.09. The Morgan fingerprint density at radius 3 is 1.93 bits per heavy atom. The van der Waals surface area contributed by atoms with Crippen molar-refractivity contribution < 1.29 is 23.7 Å². The van der Waals surface area contributed by atoms with E-state index in [1.807, 2.05) is 25.2 Å². The molecule has 0 heterocycles. The Hall–Kier alpha value is -2.51. The Labute approximate surface area is 180 Å². The number of ether oxygens (including phenoxy) is 4. The van der Waals surface area contributed by atoms with Crippen molar-refractivity contribution in [2.24, 2.45) is 4.99 Å². The predicted octanol–water partition coefficient (Wildman–Crippen LogP) is 4.99. The zero-order valence-corrected chi connectivity index (χ0v) is 20.2. The third-order valence-electron chi connectivity index (χ3n) is 5.61. The monoisotopic (exact) mass is 431 g/mol. The van der Waals surface area contributed by atoms with Gasteiger partial charge in [-0.05, 0) is 53.9 Å². The van der Waals surface area contributed by atoms with Gasteiger partial charge in [-0.15, -0.1) is 0 Å². The van der Waals surface area contributed by atoms with Crippen molar-refractivity contribution in [2.75, 3.05) is 28.4 Å². The standard InChI is InChI=1S/C23H33NO5Si/c1-23(2,30(7,8)25)14-17-11-16(9-10-19(17)26-3)15-24-18-12-20(27-4)22(29-6)21(13-18)28-5/h9-13,15,25H,14H2,1-8H3. The lowest BCUT2D eigenvalue weighted by molar-refractivity contribution is 0.324. The highest BCUT2D eigenvalue weighted by molar-refractivity contribution is 6.72. The van der Waals surface area contributed by atoms with Crippen molar-refractivity contribution in [3.05, 3.63) is 41.5 Å². The first-order valence-corrected chi connectivity index (χ1v) is 12.7. The topological polar surface area (TPSA) is 69.5 Å². The van der Waals surface area contributed by atoms with Gasteiger partial charge in [0.25, 0.3) is 0 Å². The van der Waals surface area contributed by atoms with Crippen LogP contribution in [0.5, 0.6) is 23.0 Å². The lowest BCUT2D eigenvalue weighted by Gasteiger charge is -2.35. The van der Waals surface area contributed by atoms with Crippen molar-refractivity contribution in [2.45, 2.75) is 38.4 Å². The van der Waals surface area contributed by atoms with E-state index in [4.69, 9.17) is 18.9 Å². The quantitative estimate of drug-likeness (QED) is 0.447. The second-order valence-electron chi connectivity index (χ2n) is 8.33. The van der Waals surface area contributed by atoms with Crippen molar-refractivity contribution in [1.29, 1.82) is 0 Å². The Morgan fingerprint density at radius 1 is 0.900 bits per heavy atom. The van der Waals surface area contributed by atoms with E-state index in [-0.39, 0.29) is 5.04 Å². The molecule has 0 radical (unpaired) electrons. The van der Waals surface area contributed by atoms with Crippen molar-refractivity contribution in [3.63, 3.8) is 0 Å². The fraction of sp³-hybridized carbons (Fsp3) is 0.435. The fourth-order valence-corrected chi connectivity index (χ4v) is 3.62. The summed E-state index contributed by atoms with van der Waals surface area (Å²) in [4.78, 5) is 15.3. The minimum Gasteiger partial charge on any atom is -0.496 e. The molecule has 0 atom stereocenters. The van der Waals surface area contributed by atoms with E-state index in [1.165, 1.54) is 0 Å². The zero-order chi connectivity index (χ0) is 22.5. The van der Waals surface area contributed by atoms with Crippen LogP contribution in [0.15, 0.2) is 35.3 Å².